The van der Waals surface area contributed by atoms with E-state index in [1.807, 2.05) is 6.92 Å². The van der Waals surface area contributed by atoms with Gasteiger partial charge in [0.05, 0.1) is 6.61 Å². The van der Waals surface area contributed by atoms with E-state index in [0.29, 0.717) is 19.2 Å². The van der Waals surface area contributed by atoms with Gasteiger partial charge in [0, 0.05) is 5.57 Å². The number of rotatable bonds is 5. The van der Waals surface area contributed by atoms with Gasteiger partial charge in [-0.05, 0) is 31.2 Å². The highest BCUT2D eigenvalue weighted by molar-refractivity contribution is 6.82. The summed E-state index contributed by atoms with van der Waals surface area (Å²) in [5, 5.41) is 0. The number of fused-ring (bicyclic) bond motifs is 2. The Hall–Kier alpha value is -1.51. The molecule has 4 rings (SSSR count). The standard InChI is InChI=1S/C25H35BO2/c1-2-28-25(27)23(19-11-5-3-6-12-19)24(20-13-7-4-8-14-20)26-21-15-9-16-22(26)18-10-17-21/h4,7-8,13-14,19,21-22H,2-3,5-6,9-12,15-18H2,1H3/b24-23-. The molecule has 1 aromatic carbocycles. The van der Waals surface area contributed by atoms with Crippen molar-refractivity contribution in [1.29, 1.82) is 0 Å². The zero-order chi connectivity index (χ0) is 19.3. The number of hydrogen-bond acceptors (Lipinski definition) is 2. The van der Waals surface area contributed by atoms with E-state index in [1.54, 1.807) is 0 Å². The highest BCUT2D eigenvalue weighted by Gasteiger charge is 2.44. The van der Waals surface area contributed by atoms with Crippen molar-refractivity contribution in [3.8, 4) is 0 Å². The maximum atomic E-state index is 13.3. The van der Waals surface area contributed by atoms with E-state index >= 15 is 0 Å². The smallest absolute Gasteiger partial charge is 0.333 e. The average molecular weight is 378 g/mol. The number of benzene rings is 1. The largest absolute Gasteiger partial charge is 0.463 e. The molecule has 2 bridgehead atoms. The first kappa shape index (κ1) is 19.8. The Bertz CT molecular complexity index is 668. The zero-order valence-electron chi connectivity index (χ0n) is 17.5. The van der Waals surface area contributed by atoms with Crippen LogP contribution in [0.4, 0.5) is 0 Å². The number of hydrogen-bond donors (Lipinski definition) is 0. The van der Waals surface area contributed by atoms with E-state index in [4.69, 9.17) is 4.74 Å². The summed E-state index contributed by atoms with van der Waals surface area (Å²) in [6.45, 7) is 2.95. The molecule has 1 aliphatic carbocycles. The van der Waals surface area contributed by atoms with E-state index in [-0.39, 0.29) is 5.97 Å². The van der Waals surface area contributed by atoms with E-state index in [0.717, 1.165) is 30.0 Å². The minimum atomic E-state index is -0.0306. The average Bonchev–Trinajstić information content (AvgIpc) is 2.73. The molecule has 1 saturated carbocycles. The second-order valence-corrected chi connectivity index (χ2v) is 9.16. The van der Waals surface area contributed by atoms with Crippen LogP contribution in [0.25, 0.3) is 5.47 Å². The molecule has 150 valence electrons. The number of esters is 1. The summed E-state index contributed by atoms with van der Waals surface area (Å²) in [6, 6.07) is 10.8. The quantitative estimate of drug-likeness (QED) is 0.323. The first-order valence-electron chi connectivity index (χ1n) is 11.8. The van der Waals surface area contributed by atoms with Crippen LogP contribution in [0.3, 0.4) is 0 Å². The van der Waals surface area contributed by atoms with Gasteiger partial charge in [0.1, 0.15) is 0 Å². The molecule has 0 atom stereocenters. The Balaban J connectivity index is 1.86. The monoisotopic (exact) mass is 378 g/mol. The van der Waals surface area contributed by atoms with E-state index in [1.165, 1.54) is 68.8 Å². The van der Waals surface area contributed by atoms with Crippen molar-refractivity contribution in [3.05, 3.63) is 41.5 Å². The molecule has 1 aromatic rings. The van der Waals surface area contributed by atoms with Crippen LogP contribution < -0.4 is 0 Å². The first-order chi connectivity index (χ1) is 13.8. The molecule has 0 spiro atoms. The SMILES string of the molecule is CCOC(=O)/C(=C(\B1C2CCCC1CCC2)c1ccccc1)C1CCCCC1. The van der Waals surface area contributed by atoms with Crippen LogP contribution in [0.1, 0.15) is 83.1 Å². The normalized spacial score (nSPS) is 26.5. The van der Waals surface area contributed by atoms with Gasteiger partial charge in [-0.3, -0.25) is 0 Å². The predicted molar refractivity (Wildman–Crippen MR) is 118 cm³/mol. The third-order valence-corrected chi connectivity index (χ3v) is 7.53. The molecule has 2 heterocycles. The number of carbonyl (C=O) groups excluding carboxylic acids is 1. The lowest BCUT2D eigenvalue weighted by Gasteiger charge is -2.43. The molecule has 0 unspecified atom stereocenters. The number of carbonyl (C=O) groups is 1. The van der Waals surface area contributed by atoms with Gasteiger partial charge < -0.3 is 4.74 Å². The minimum Gasteiger partial charge on any atom is -0.463 e. The lowest BCUT2D eigenvalue weighted by molar-refractivity contribution is -0.139. The fourth-order valence-corrected chi connectivity index (χ4v) is 6.39. The summed E-state index contributed by atoms with van der Waals surface area (Å²) in [5.74, 6) is 1.84. The van der Waals surface area contributed by atoms with Crippen LogP contribution in [0.15, 0.2) is 35.9 Å². The van der Waals surface area contributed by atoms with Gasteiger partial charge >= 0.3 is 5.97 Å². The molecule has 0 radical (unpaired) electrons. The Morgan fingerprint density at radius 1 is 0.893 bits per heavy atom. The van der Waals surface area contributed by atoms with Gasteiger partial charge in [0.2, 0.25) is 0 Å². The molecule has 2 aliphatic heterocycles. The van der Waals surface area contributed by atoms with Gasteiger partial charge in [-0.25, -0.2) is 4.79 Å². The van der Waals surface area contributed by atoms with Crippen LogP contribution >= 0.6 is 0 Å². The molecule has 0 amide bonds. The third kappa shape index (κ3) is 4.09. The van der Waals surface area contributed by atoms with Crippen LogP contribution in [-0.4, -0.2) is 19.3 Å². The highest BCUT2D eigenvalue weighted by Crippen LogP contribution is 2.52. The fourth-order valence-electron chi connectivity index (χ4n) is 6.39. The molecular weight excluding hydrogens is 343 g/mol. The fraction of sp³-hybridized carbons (Fsp3) is 0.640. The molecule has 3 aliphatic rings. The summed E-state index contributed by atoms with van der Waals surface area (Å²) in [7, 11) is 0. The number of ether oxygens (including phenoxy) is 1. The lowest BCUT2D eigenvalue weighted by Crippen LogP contribution is -2.38. The van der Waals surface area contributed by atoms with Crippen LogP contribution in [0.5, 0.6) is 0 Å². The lowest BCUT2D eigenvalue weighted by atomic mass is 9.23. The molecule has 28 heavy (non-hydrogen) atoms. The van der Waals surface area contributed by atoms with Crippen LogP contribution in [-0.2, 0) is 9.53 Å². The van der Waals surface area contributed by atoms with Gasteiger partial charge in [0.15, 0.2) is 6.71 Å². The Kier molecular flexibility index (Phi) is 6.60. The molecule has 3 fully saturated rings. The van der Waals surface area contributed by atoms with Crippen molar-refractivity contribution >= 4 is 18.2 Å². The van der Waals surface area contributed by atoms with Crippen LogP contribution in [0, 0.1) is 5.92 Å². The Morgan fingerprint density at radius 3 is 2.07 bits per heavy atom. The van der Waals surface area contributed by atoms with Crippen molar-refractivity contribution in [2.24, 2.45) is 5.92 Å². The highest BCUT2D eigenvalue weighted by atomic mass is 16.5. The Labute approximate surface area is 171 Å². The molecule has 0 aromatic heterocycles. The molecule has 2 saturated heterocycles. The topological polar surface area (TPSA) is 26.3 Å². The first-order valence-corrected chi connectivity index (χ1v) is 11.8. The third-order valence-electron chi connectivity index (χ3n) is 7.53. The predicted octanol–water partition coefficient (Wildman–Crippen LogP) is 6.73. The van der Waals surface area contributed by atoms with Gasteiger partial charge in [0.25, 0.3) is 0 Å². The van der Waals surface area contributed by atoms with Crippen molar-refractivity contribution in [2.45, 2.75) is 89.2 Å². The second kappa shape index (κ2) is 9.33. The summed E-state index contributed by atoms with van der Waals surface area (Å²) in [5.41, 5.74) is 3.71. The van der Waals surface area contributed by atoms with Crippen molar-refractivity contribution < 1.29 is 9.53 Å². The molecule has 3 heteroatoms. The van der Waals surface area contributed by atoms with Crippen LogP contribution in [0.2, 0.25) is 11.6 Å². The summed E-state index contributed by atoms with van der Waals surface area (Å²) < 4.78 is 5.68. The Morgan fingerprint density at radius 2 is 1.50 bits per heavy atom. The van der Waals surface area contributed by atoms with Crippen molar-refractivity contribution in [3.63, 3.8) is 0 Å². The van der Waals surface area contributed by atoms with Crippen molar-refractivity contribution in [2.75, 3.05) is 6.61 Å². The van der Waals surface area contributed by atoms with Gasteiger partial charge in [-0.2, -0.15) is 0 Å². The van der Waals surface area contributed by atoms with Gasteiger partial charge in [-0.15, -0.1) is 0 Å². The summed E-state index contributed by atoms with van der Waals surface area (Å²) in [6.07, 6.45) is 14.1. The molecule has 2 nitrogen and oxygen atoms in total. The van der Waals surface area contributed by atoms with E-state index in [2.05, 4.69) is 30.3 Å². The van der Waals surface area contributed by atoms with E-state index in [9.17, 15) is 4.79 Å². The molecule has 0 N–H and O–H groups in total. The second-order valence-electron chi connectivity index (χ2n) is 9.16. The van der Waals surface area contributed by atoms with Gasteiger partial charge in [-0.1, -0.05) is 105 Å². The summed E-state index contributed by atoms with van der Waals surface area (Å²) >= 11 is 0. The maximum Gasteiger partial charge on any atom is 0.333 e. The van der Waals surface area contributed by atoms with Crippen molar-refractivity contribution in [1.82, 2.24) is 0 Å². The summed E-state index contributed by atoms with van der Waals surface area (Å²) in [4.78, 5) is 13.3. The molecular formula is C25H35BO2. The minimum absolute atomic E-state index is 0.0306. The van der Waals surface area contributed by atoms with E-state index < -0.39 is 0 Å². The zero-order valence-corrected chi connectivity index (χ0v) is 17.5. The maximum absolute atomic E-state index is 13.3.